The van der Waals surface area contributed by atoms with Gasteiger partial charge in [-0.3, -0.25) is 4.90 Å². The summed E-state index contributed by atoms with van der Waals surface area (Å²) in [6, 6.07) is 1.44. The first-order valence-corrected chi connectivity index (χ1v) is 7.32. The van der Waals surface area contributed by atoms with Gasteiger partial charge in [0.2, 0.25) is 0 Å². The molecule has 1 saturated heterocycles. The summed E-state index contributed by atoms with van der Waals surface area (Å²) < 4.78 is 6.12. The lowest BCUT2D eigenvalue weighted by atomic mass is 10.1. The second kappa shape index (κ2) is 6.17. The van der Waals surface area contributed by atoms with Gasteiger partial charge in [0.25, 0.3) is 0 Å². The van der Waals surface area contributed by atoms with Crippen LogP contribution in [0.4, 0.5) is 0 Å². The lowest BCUT2D eigenvalue weighted by molar-refractivity contribution is 0.0184. The molecular formula is C14H28N2O. The van der Waals surface area contributed by atoms with Gasteiger partial charge in [-0.2, -0.15) is 0 Å². The minimum Gasteiger partial charge on any atom is -0.372 e. The van der Waals surface area contributed by atoms with Crippen LogP contribution in [0.1, 0.15) is 46.5 Å². The zero-order valence-corrected chi connectivity index (χ0v) is 11.6. The van der Waals surface area contributed by atoms with Crippen LogP contribution in [0.15, 0.2) is 0 Å². The van der Waals surface area contributed by atoms with E-state index in [2.05, 4.69) is 31.0 Å². The first kappa shape index (κ1) is 13.3. The highest BCUT2D eigenvalue weighted by Gasteiger charge is 2.29. The van der Waals surface area contributed by atoms with E-state index in [9.17, 15) is 0 Å². The van der Waals surface area contributed by atoms with Crippen molar-refractivity contribution in [3.63, 3.8) is 0 Å². The number of ether oxygens (including phenoxy) is 1. The summed E-state index contributed by atoms with van der Waals surface area (Å²) in [7, 11) is 0. The molecule has 2 fully saturated rings. The van der Waals surface area contributed by atoms with Crippen LogP contribution >= 0.6 is 0 Å². The Hall–Kier alpha value is -0.120. The van der Waals surface area contributed by atoms with Crippen molar-refractivity contribution >= 4 is 0 Å². The van der Waals surface area contributed by atoms with Gasteiger partial charge in [0, 0.05) is 25.2 Å². The lowest BCUT2D eigenvalue weighted by Crippen LogP contribution is -2.38. The van der Waals surface area contributed by atoms with Crippen LogP contribution in [0, 0.1) is 0 Å². The van der Waals surface area contributed by atoms with Crippen molar-refractivity contribution in [3.05, 3.63) is 0 Å². The van der Waals surface area contributed by atoms with Crippen LogP contribution in [0.5, 0.6) is 0 Å². The van der Waals surface area contributed by atoms with Gasteiger partial charge in [-0.05, 0) is 46.1 Å². The van der Waals surface area contributed by atoms with Gasteiger partial charge in [-0.15, -0.1) is 0 Å². The third-order valence-electron chi connectivity index (χ3n) is 3.98. The Balaban J connectivity index is 1.65. The highest BCUT2D eigenvalue weighted by molar-refractivity contribution is 4.84. The van der Waals surface area contributed by atoms with E-state index < -0.39 is 0 Å². The molecule has 1 aliphatic carbocycles. The minimum atomic E-state index is 0.461. The summed E-state index contributed by atoms with van der Waals surface area (Å²) in [5, 5.41) is 3.57. The maximum Gasteiger partial charge on any atom is 0.0707 e. The molecule has 0 aromatic heterocycles. The molecule has 3 heteroatoms. The fourth-order valence-corrected chi connectivity index (χ4v) is 2.62. The van der Waals surface area contributed by atoms with Gasteiger partial charge in [-0.25, -0.2) is 0 Å². The van der Waals surface area contributed by atoms with Gasteiger partial charge in [-0.1, -0.05) is 6.92 Å². The van der Waals surface area contributed by atoms with Crippen molar-refractivity contribution in [2.75, 3.05) is 19.6 Å². The Morgan fingerprint density at radius 2 is 1.88 bits per heavy atom. The number of nitrogens with zero attached hydrogens (tertiary/aromatic N) is 1. The molecule has 0 spiro atoms. The van der Waals surface area contributed by atoms with E-state index in [1.165, 1.54) is 25.7 Å². The second-order valence-electron chi connectivity index (χ2n) is 5.82. The van der Waals surface area contributed by atoms with E-state index in [4.69, 9.17) is 4.74 Å². The molecule has 2 atom stereocenters. The molecule has 3 nitrogen and oxygen atoms in total. The molecule has 2 rings (SSSR count). The summed E-state index contributed by atoms with van der Waals surface area (Å²) in [6.07, 6.45) is 6.13. The van der Waals surface area contributed by atoms with E-state index in [1.54, 1.807) is 0 Å². The van der Waals surface area contributed by atoms with E-state index in [0.29, 0.717) is 18.2 Å². The third-order valence-corrected chi connectivity index (χ3v) is 3.98. The lowest BCUT2D eigenvalue weighted by Gasteiger charge is -2.27. The fraction of sp³-hybridized carbons (Fsp3) is 1.00. The van der Waals surface area contributed by atoms with Crippen LogP contribution in [0.3, 0.4) is 0 Å². The van der Waals surface area contributed by atoms with Gasteiger partial charge in [0.15, 0.2) is 0 Å². The molecule has 2 aliphatic rings. The highest BCUT2D eigenvalue weighted by atomic mass is 16.5. The van der Waals surface area contributed by atoms with Gasteiger partial charge < -0.3 is 10.1 Å². The average Bonchev–Trinajstić information content (AvgIpc) is 3.03. The van der Waals surface area contributed by atoms with Crippen molar-refractivity contribution in [1.29, 1.82) is 0 Å². The molecule has 0 aromatic carbocycles. The number of hydrogen-bond acceptors (Lipinski definition) is 3. The first-order chi connectivity index (χ1) is 8.19. The molecule has 0 bridgehead atoms. The number of rotatable bonds is 7. The topological polar surface area (TPSA) is 24.5 Å². The predicted octanol–water partition coefficient (Wildman–Crippen LogP) is 2.02. The fourth-order valence-electron chi connectivity index (χ4n) is 2.62. The Kier molecular flexibility index (Phi) is 4.83. The molecule has 1 saturated carbocycles. The molecule has 0 amide bonds. The average molecular weight is 240 g/mol. The standard InChI is InChI=1S/C14H28N2O/c1-4-16(11(2)3)10-14-8-7-13(17-14)9-15-12-5-6-12/h11-15H,4-10H2,1-3H3. The van der Waals surface area contributed by atoms with Gasteiger partial charge in [0.05, 0.1) is 12.2 Å². The summed E-state index contributed by atoms with van der Waals surface area (Å²) in [5.41, 5.74) is 0. The Morgan fingerprint density at radius 3 is 2.47 bits per heavy atom. The monoisotopic (exact) mass is 240 g/mol. The number of hydrogen-bond donors (Lipinski definition) is 1. The summed E-state index contributed by atoms with van der Waals surface area (Å²) in [4.78, 5) is 2.50. The Labute approximate surface area is 106 Å². The summed E-state index contributed by atoms with van der Waals surface area (Å²) in [6.45, 7) is 10.1. The molecule has 17 heavy (non-hydrogen) atoms. The van der Waals surface area contributed by atoms with Crippen molar-refractivity contribution < 1.29 is 4.74 Å². The quantitative estimate of drug-likeness (QED) is 0.737. The normalized spacial score (nSPS) is 29.5. The SMILES string of the molecule is CCN(CC1CCC(CNC2CC2)O1)C(C)C. The van der Waals surface area contributed by atoms with Crippen molar-refractivity contribution in [1.82, 2.24) is 10.2 Å². The van der Waals surface area contributed by atoms with Crippen LogP contribution in [-0.4, -0.2) is 48.8 Å². The smallest absolute Gasteiger partial charge is 0.0707 e. The molecule has 0 aromatic rings. The van der Waals surface area contributed by atoms with Gasteiger partial charge >= 0.3 is 0 Å². The summed E-state index contributed by atoms with van der Waals surface area (Å²) in [5.74, 6) is 0. The van der Waals surface area contributed by atoms with Crippen LogP contribution < -0.4 is 5.32 Å². The van der Waals surface area contributed by atoms with Crippen LogP contribution in [0.2, 0.25) is 0 Å². The predicted molar refractivity (Wildman–Crippen MR) is 71.3 cm³/mol. The van der Waals surface area contributed by atoms with E-state index in [1.807, 2.05) is 0 Å². The highest BCUT2D eigenvalue weighted by Crippen LogP contribution is 2.23. The maximum absolute atomic E-state index is 6.12. The molecular weight excluding hydrogens is 212 g/mol. The molecule has 0 radical (unpaired) electrons. The molecule has 1 aliphatic heterocycles. The van der Waals surface area contributed by atoms with Crippen molar-refractivity contribution in [2.24, 2.45) is 0 Å². The van der Waals surface area contributed by atoms with E-state index in [-0.39, 0.29) is 0 Å². The largest absolute Gasteiger partial charge is 0.372 e. The number of nitrogens with one attached hydrogen (secondary N) is 1. The van der Waals surface area contributed by atoms with Crippen molar-refractivity contribution in [3.8, 4) is 0 Å². The van der Waals surface area contributed by atoms with Crippen molar-refractivity contribution in [2.45, 2.75) is 70.7 Å². The Morgan fingerprint density at radius 1 is 1.18 bits per heavy atom. The maximum atomic E-state index is 6.12. The van der Waals surface area contributed by atoms with Crippen LogP contribution in [-0.2, 0) is 4.74 Å². The van der Waals surface area contributed by atoms with E-state index >= 15 is 0 Å². The molecule has 2 unspecified atom stereocenters. The number of likely N-dealkylation sites (N-methyl/N-ethyl adjacent to an activating group) is 1. The Bertz CT molecular complexity index is 228. The minimum absolute atomic E-state index is 0.461. The van der Waals surface area contributed by atoms with E-state index in [0.717, 1.165) is 25.7 Å². The van der Waals surface area contributed by atoms with Crippen LogP contribution in [0.25, 0.3) is 0 Å². The van der Waals surface area contributed by atoms with Gasteiger partial charge in [0.1, 0.15) is 0 Å². The zero-order chi connectivity index (χ0) is 12.3. The first-order valence-electron chi connectivity index (χ1n) is 7.32. The third kappa shape index (κ3) is 4.23. The summed E-state index contributed by atoms with van der Waals surface area (Å²) >= 11 is 0. The zero-order valence-electron chi connectivity index (χ0n) is 11.6. The molecule has 1 heterocycles. The molecule has 1 N–H and O–H groups in total. The second-order valence-corrected chi connectivity index (χ2v) is 5.82. The molecule has 100 valence electrons.